The molecule has 1 heterocycles. The first kappa shape index (κ1) is 13.2. The summed E-state index contributed by atoms with van der Waals surface area (Å²) in [6.45, 7) is 5.01. The third-order valence-corrected chi connectivity index (χ3v) is 3.85. The second-order valence-electron chi connectivity index (χ2n) is 4.67. The molecule has 2 aromatic carbocycles. The topological polar surface area (TPSA) is 38.1 Å². The molecule has 0 amide bonds. The van der Waals surface area contributed by atoms with Gasteiger partial charge in [0.15, 0.2) is 5.58 Å². The van der Waals surface area contributed by atoms with Crippen molar-refractivity contribution in [3.8, 4) is 11.5 Å². The maximum Gasteiger partial charge on any atom is 0.228 e. The van der Waals surface area contributed by atoms with Crippen LogP contribution in [0.5, 0.6) is 0 Å². The van der Waals surface area contributed by atoms with Crippen LogP contribution in [0.2, 0.25) is 0 Å². The van der Waals surface area contributed by atoms with E-state index >= 15 is 0 Å². The number of oxazole rings is 1. The van der Waals surface area contributed by atoms with Crippen LogP contribution in [-0.2, 0) is 0 Å². The van der Waals surface area contributed by atoms with Crippen LogP contribution >= 0.6 is 15.9 Å². The maximum absolute atomic E-state index is 5.93. The highest BCUT2D eigenvalue weighted by Gasteiger charge is 2.13. The van der Waals surface area contributed by atoms with Crippen molar-refractivity contribution in [2.24, 2.45) is 0 Å². The normalized spacial score (nSPS) is 10.9. The minimum atomic E-state index is 0.643. The predicted molar refractivity (Wildman–Crippen MR) is 86.0 cm³/mol. The largest absolute Gasteiger partial charge is 0.436 e. The molecule has 0 saturated carbocycles. The first-order chi connectivity index (χ1) is 9.69. The second kappa shape index (κ2) is 5.29. The molecule has 0 aliphatic rings. The summed E-state index contributed by atoms with van der Waals surface area (Å²) < 4.78 is 6.91. The van der Waals surface area contributed by atoms with Gasteiger partial charge in [0.2, 0.25) is 5.89 Å². The van der Waals surface area contributed by atoms with E-state index in [0.717, 1.165) is 38.9 Å². The summed E-state index contributed by atoms with van der Waals surface area (Å²) in [4.78, 5) is 4.61. The molecule has 3 rings (SSSR count). The molecule has 20 heavy (non-hydrogen) atoms. The van der Waals surface area contributed by atoms with Crippen LogP contribution in [-0.4, -0.2) is 11.5 Å². The Labute approximate surface area is 126 Å². The first-order valence-electron chi connectivity index (χ1n) is 6.59. The number of hydrogen-bond donors (Lipinski definition) is 1. The Morgan fingerprint density at radius 2 is 2.05 bits per heavy atom. The zero-order valence-electron chi connectivity index (χ0n) is 11.4. The van der Waals surface area contributed by atoms with Crippen molar-refractivity contribution < 1.29 is 4.42 Å². The van der Waals surface area contributed by atoms with Crippen molar-refractivity contribution in [3.05, 3.63) is 46.4 Å². The molecule has 0 unspecified atom stereocenters. The lowest BCUT2D eigenvalue weighted by atomic mass is 10.2. The van der Waals surface area contributed by atoms with E-state index in [1.165, 1.54) is 0 Å². The molecule has 0 fully saturated rings. The number of nitrogens with one attached hydrogen (secondary N) is 1. The Kier molecular flexibility index (Phi) is 3.49. The smallest absolute Gasteiger partial charge is 0.228 e. The van der Waals surface area contributed by atoms with E-state index in [-0.39, 0.29) is 0 Å². The van der Waals surface area contributed by atoms with Crippen LogP contribution in [0.4, 0.5) is 5.69 Å². The lowest BCUT2D eigenvalue weighted by molar-refractivity contribution is 0.617. The van der Waals surface area contributed by atoms with Gasteiger partial charge in [-0.25, -0.2) is 4.98 Å². The van der Waals surface area contributed by atoms with Gasteiger partial charge in [0, 0.05) is 16.7 Å². The maximum atomic E-state index is 5.93. The van der Waals surface area contributed by atoms with E-state index in [2.05, 4.69) is 39.2 Å². The van der Waals surface area contributed by atoms with Crippen molar-refractivity contribution in [1.29, 1.82) is 0 Å². The average molecular weight is 331 g/mol. The summed E-state index contributed by atoms with van der Waals surface area (Å²) in [5.74, 6) is 0.643. The van der Waals surface area contributed by atoms with E-state index in [9.17, 15) is 0 Å². The number of hydrogen-bond acceptors (Lipinski definition) is 3. The SMILES string of the molecule is CCNc1cc(C)c2oc(-c3ccccc3Br)nc2c1. The third-order valence-electron chi connectivity index (χ3n) is 3.16. The Balaban J connectivity index is 2.16. The minimum Gasteiger partial charge on any atom is -0.436 e. The van der Waals surface area contributed by atoms with Crippen molar-refractivity contribution in [2.75, 3.05) is 11.9 Å². The van der Waals surface area contributed by atoms with Gasteiger partial charge in [-0.05, 0) is 59.6 Å². The van der Waals surface area contributed by atoms with Crippen LogP contribution in [0.1, 0.15) is 12.5 Å². The van der Waals surface area contributed by atoms with Gasteiger partial charge < -0.3 is 9.73 Å². The zero-order valence-corrected chi connectivity index (χ0v) is 13.0. The molecule has 0 bridgehead atoms. The molecule has 4 heteroatoms. The molecule has 0 atom stereocenters. The van der Waals surface area contributed by atoms with Gasteiger partial charge in [-0.15, -0.1) is 0 Å². The molecule has 1 N–H and O–H groups in total. The van der Waals surface area contributed by atoms with E-state index < -0.39 is 0 Å². The standard InChI is InChI=1S/C16H15BrN2O/c1-3-18-11-8-10(2)15-14(9-11)19-16(20-15)12-6-4-5-7-13(12)17/h4-9,18H,3H2,1-2H3. The fourth-order valence-corrected chi connectivity index (χ4v) is 2.71. The fraction of sp³-hybridized carbons (Fsp3) is 0.188. The van der Waals surface area contributed by atoms with Gasteiger partial charge >= 0.3 is 0 Å². The minimum absolute atomic E-state index is 0.643. The molecule has 0 aliphatic heterocycles. The van der Waals surface area contributed by atoms with Crippen LogP contribution in [0.25, 0.3) is 22.6 Å². The van der Waals surface area contributed by atoms with Crippen molar-refractivity contribution in [1.82, 2.24) is 4.98 Å². The number of rotatable bonds is 3. The highest BCUT2D eigenvalue weighted by atomic mass is 79.9. The number of aryl methyl sites for hydroxylation is 1. The van der Waals surface area contributed by atoms with Gasteiger partial charge in [-0.1, -0.05) is 12.1 Å². The first-order valence-corrected chi connectivity index (χ1v) is 7.38. The number of anilines is 1. The van der Waals surface area contributed by atoms with E-state index in [1.54, 1.807) is 0 Å². The van der Waals surface area contributed by atoms with E-state index in [0.29, 0.717) is 5.89 Å². The number of halogens is 1. The molecule has 1 aromatic heterocycles. The summed E-state index contributed by atoms with van der Waals surface area (Å²) in [5.41, 5.74) is 4.85. The number of aromatic nitrogens is 1. The summed E-state index contributed by atoms with van der Waals surface area (Å²) in [6.07, 6.45) is 0. The lowest BCUT2D eigenvalue weighted by Crippen LogP contribution is -1.96. The molecular formula is C16H15BrN2O. The Morgan fingerprint density at radius 1 is 1.25 bits per heavy atom. The molecule has 3 aromatic rings. The predicted octanol–water partition coefficient (Wildman–Crippen LogP) is 5.00. The molecule has 0 radical (unpaired) electrons. The Morgan fingerprint density at radius 3 is 2.80 bits per heavy atom. The van der Waals surface area contributed by atoms with Crippen molar-refractivity contribution in [2.45, 2.75) is 13.8 Å². The summed E-state index contributed by atoms with van der Waals surface area (Å²) in [5, 5.41) is 3.31. The molecule has 0 spiro atoms. The molecular weight excluding hydrogens is 316 g/mol. The van der Waals surface area contributed by atoms with Crippen molar-refractivity contribution >= 4 is 32.7 Å². The third kappa shape index (κ3) is 2.31. The van der Waals surface area contributed by atoms with Crippen LogP contribution < -0.4 is 5.32 Å². The number of nitrogens with zero attached hydrogens (tertiary/aromatic N) is 1. The van der Waals surface area contributed by atoms with E-state index in [1.807, 2.05) is 37.3 Å². The highest BCUT2D eigenvalue weighted by Crippen LogP contribution is 2.32. The summed E-state index contributed by atoms with van der Waals surface area (Å²) in [7, 11) is 0. The Bertz CT molecular complexity index is 764. The molecule has 0 aliphatic carbocycles. The average Bonchev–Trinajstić information content (AvgIpc) is 2.84. The monoisotopic (exact) mass is 330 g/mol. The molecule has 0 saturated heterocycles. The summed E-state index contributed by atoms with van der Waals surface area (Å²) >= 11 is 3.54. The molecule has 3 nitrogen and oxygen atoms in total. The second-order valence-corrected chi connectivity index (χ2v) is 5.52. The number of fused-ring (bicyclic) bond motifs is 1. The van der Waals surface area contributed by atoms with Crippen LogP contribution in [0.3, 0.4) is 0 Å². The van der Waals surface area contributed by atoms with Gasteiger partial charge in [0.25, 0.3) is 0 Å². The lowest BCUT2D eigenvalue weighted by Gasteiger charge is -2.03. The highest BCUT2D eigenvalue weighted by molar-refractivity contribution is 9.10. The Hall–Kier alpha value is -1.81. The van der Waals surface area contributed by atoms with Gasteiger partial charge in [0.1, 0.15) is 5.52 Å². The summed E-state index contributed by atoms with van der Waals surface area (Å²) in [6, 6.07) is 12.0. The molecule has 102 valence electrons. The van der Waals surface area contributed by atoms with Crippen molar-refractivity contribution in [3.63, 3.8) is 0 Å². The van der Waals surface area contributed by atoms with Gasteiger partial charge in [-0.2, -0.15) is 0 Å². The van der Waals surface area contributed by atoms with E-state index in [4.69, 9.17) is 4.42 Å². The fourth-order valence-electron chi connectivity index (χ4n) is 2.26. The number of benzene rings is 2. The zero-order chi connectivity index (χ0) is 14.1. The quantitative estimate of drug-likeness (QED) is 0.734. The van der Waals surface area contributed by atoms with Crippen LogP contribution in [0, 0.1) is 6.92 Å². The van der Waals surface area contributed by atoms with Gasteiger partial charge in [0.05, 0.1) is 5.56 Å². The van der Waals surface area contributed by atoms with Gasteiger partial charge in [-0.3, -0.25) is 0 Å². The van der Waals surface area contributed by atoms with Crippen LogP contribution in [0.15, 0.2) is 45.3 Å².